The van der Waals surface area contributed by atoms with E-state index in [1.54, 1.807) is 71.4 Å². The third-order valence-corrected chi connectivity index (χ3v) is 12.0. The summed E-state index contributed by atoms with van der Waals surface area (Å²) in [5.74, 6) is -1.23. The van der Waals surface area contributed by atoms with Crippen molar-refractivity contribution >= 4 is 37.0 Å². The van der Waals surface area contributed by atoms with Crippen LogP contribution in [0.5, 0.6) is 0 Å². The second-order valence-electron chi connectivity index (χ2n) is 10.4. The van der Waals surface area contributed by atoms with Gasteiger partial charge in [-0.1, -0.05) is 54.6 Å². The van der Waals surface area contributed by atoms with Crippen LogP contribution in [0.25, 0.3) is 16.6 Å². The summed E-state index contributed by atoms with van der Waals surface area (Å²) in [6.07, 6.45) is 6.01. The summed E-state index contributed by atoms with van der Waals surface area (Å²) in [6, 6.07) is 22.6. The van der Waals surface area contributed by atoms with Gasteiger partial charge in [0.15, 0.2) is 31.9 Å². The minimum absolute atomic E-state index is 0.00386. The first-order chi connectivity index (χ1) is 22.1. The van der Waals surface area contributed by atoms with Crippen molar-refractivity contribution in [3.05, 3.63) is 133 Å². The summed E-state index contributed by atoms with van der Waals surface area (Å²) in [6.45, 7) is 0. The number of methoxy groups -OCH3 is 3. The Morgan fingerprint density at radius 3 is 2.02 bits per heavy atom. The molecule has 46 heavy (non-hydrogen) atoms. The molecule has 2 aromatic heterocycles. The number of ether oxygens (including phenoxy) is 3. The molecule has 1 aliphatic carbocycles. The van der Waals surface area contributed by atoms with Crippen LogP contribution in [0.2, 0.25) is 0 Å². The zero-order chi connectivity index (χ0) is 32.7. The molecule has 0 saturated heterocycles. The zero-order valence-electron chi connectivity index (χ0n) is 25.0. The fourth-order valence-corrected chi connectivity index (χ4v) is 9.04. The molecule has 2 unspecified atom stereocenters. The van der Waals surface area contributed by atoms with E-state index in [2.05, 4.69) is 4.98 Å². The van der Waals surface area contributed by atoms with Gasteiger partial charge in [0.25, 0.3) is 10.0 Å². The number of sulfone groups is 1. The molecule has 0 saturated carbocycles. The van der Waals surface area contributed by atoms with Crippen LogP contribution >= 0.6 is 0 Å². The van der Waals surface area contributed by atoms with E-state index in [1.807, 2.05) is 0 Å². The molecule has 6 rings (SSSR count). The number of rotatable bonds is 10. The average Bonchev–Trinajstić information content (AvgIpc) is 3.73. The normalized spacial score (nSPS) is 18.7. The summed E-state index contributed by atoms with van der Waals surface area (Å²) in [4.78, 5) is 17.8. The molecule has 0 fully saturated rings. The Bertz CT molecular complexity index is 2220. The highest BCUT2D eigenvalue weighted by Crippen LogP contribution is 2.49. The van der Waals surface area contributed by atoms with Gasteiger partial charge in [0, 0.05) is 17.8 Å². The van der Waals surface area contributed by atoms with Gasteiger partial charge in [-0.15, -0.1) is 0 Å². The number of benzene rings is 3. The lowest BCUT2D eigenvalue weighted by atomic mass is 9.83. The van der Waals surface area contributed by atoms with Crippen molar-refractivity contribution in [3.8, 4) is 5.69 Å². The minimum Gasteiger partial charge on any atom is -0.496 e. The predicted molar refractivity (Wildman–Crippen MR) is 169 cm³/mol. The molecule has 0 spiro atoms. The monoisotopic (exact) mass is 659 g/mol. The number of fused-ring (bicyclic) bond motifs is 1. The van der Waals surface area contributed by atoms with Crippen LogP contribution in [-0.2, 0) is 38.9 Å². The molecule has 1 aliphatic rings. The second-order valence-corrected chi connectivity index (χ2v) is 14.4. The van der Waals surface area contributed by atoms with Gasteiger partial charge in [0.05, 0.1) is 60.3 Å². The van der Waals surface area contributed by atoms with Crippen molar-refractivity contribution < 1.29 is 35.8 Å². The first-order valence-corrected chi connectivity index (χ1v) is 16.9. The molecular formula is C33H29N3O8S2. The smallest absolute Gasteiger partial charge is 0.268 e. The lowest BCUT2D eigenvalue weighted by molar-refractivity contribution is -0.109. The summed E-state index contributed by atoms with van der Waals surface area (Å²) >= 11 is 0. The van der Waals surface area contributed by atoms with Gasteiger partial charge in [0.1, 0.15) is 6.29 Å². The van der Waals surface area contributed by atoms with Crippen LogP contribution in [-0.4, -0.2) is 62.7 Å². The number of para-hydroxylation sites is 1. The van der Waals surface area contributed by atoms with Crippen LogP contribution in [0.1, 0.15) is 11.6 Å². The van der Waals surface area contributed by atoms with Crippen LogP contribution in [0.15, 0.2) is 137 Å². The minimum atomic E-state index is -4.45. The van der Waals surface area contributed by atoms with Crippen molar-refractivity contribution in [3.63, 3.8) is 0 Å². The fraction of sp³-hybridized carbons (Fsp3) is 0.152. The Labute approximate surface area is 265 Å². The number of hydrogen-bond donors (Lipinski definition) is 0. The van der Waals surface area contributed by atoms with Crippen molar-refractivity contribution in [1.82, 2.24) is 13.5 Å². The highest BCUT2D eigenvalue weighted by molar-refractivity contribution is 7.93. The van der Waals surface area contributed by atoms with Crippen LogP contribution in [0.4, 0.5) is 0 Å². The van der Waals surface area contributed by atoms with E-state index in [1.165, 1.54) is 68.2 Å². The third-order valence-electron chi connectivity index (χ3n) is 8.00. The maximum absolute atomic E-state index is 14.4. The molecule has 2 atom stereocenters. The van der Waals surface area contributed by atoms with Crippen LogP contribution in [0.3, 0.4) is 0 Å². The van der Waals surface area contributed by atoms with Gasteiger partial charge < -0.3 is 23.6 Å². The van der Waals surface area contributed by atoms with Crippen molar-refractivity contribution in [2.75, 3.05) is 21.3 Å². The van der Waals surface area contributed by atoms with Crippen molar-refractivity contribution in [1.29, 1.82) is 0 Å². The fourth-order valence-electron chi connectivity index (χ4n) is 5.80. The number of hydrogen-bond acceptors (Lipinski definition) is 9. The number of imidazole rings is 1. The zero-order valence-corrected chi connectivity index (χ0v) is 26.6. The standard InChI is InChI=1S/C33H29N3O8S2/c1-42-29-18-33(21-37,45(38,39)23-12-6-4-7-13-23)30(32(44-3)31(29)43-2)26-19-35(22-34-26)28-20-36(27-17-11-10-16-25(27)28)46(40,41)24-14-8-5-9-15-24/h4-22,30H,1-3H3. The van der Waals surface area contributed by atoms with Gasteiger partial charge in [0.2, 0.25) is 0 Å². The molecule has 3 aromatic carbocycles. The number of carbonyl (C=O) groups excluding carboxylic acids is 1. The number of aldehydes is 1. The van der Waals surface area contributed by atoms with E-state index in [4.69, 9.17) is 14.2 Å². The maximum Gasteiger partial charge on any atom is 0.268 e. The first kappa shape index (κ1) is 30.9. The van der Waals surface area contributed by atoms with Gasteiger partial charge >= 0.3 is 0 Å². The summed E-state index contributed by atoms with van der Waals surface area (Å²) < 4.78 is 73.5. The van der Waals surface area contributed by atoms with E-state index < -0.39 is 30.5 Å². The first-order valence-electron chi connectivity index (χ1n) is 13.9. The third kappa shape index (κ3) is 4.62. The Kier molecular flexibility index (Phi) is 7.82. The summed E-state index contributed by atoms with van der Waals surface area (Å²) in [5.41, 5.74) is 1.03. The molecule has 13 heteroatoms. The molecule has 236 valence electrons. The van der Waals surface area contributed by atoms with Gasteiger partial charge in [-0.05, 0) is 36.4 Å². The summed E-state index contributed by atoms with van der Waals surface area (Å²) in [5, 5.41) is 0.592. The molecule has 0 aliphatic heterocycles. The van der Waals surface area contributed by atoms with E-state index in [0.717, 1.165) is 0 Å². The van der Waals surface area contributed by atoms with E-state index in [-0.39, 0.29) is 32.8 Å². The Hall–Kier alpha value is -5.14. The van der Waals surface area contributed by atoms with Crippen LogP contribution < -0.4 is 0 Å². The quantitative estimate of drug-likeness (QED) is 0.197. The molecule has 11 nitrogen and oxygen atoms in total. The number of aromatic nitrogens is 3. The number of nitrogens with zero attached hydrogens (tertiary/aromatic N) is 3. The highest BCUT2D eigenvalue weighted by atomic mass is 32.2. The molecule has 0 bridgehead atoms. The Morgan fingerprint density at radius 1 is 0.783 bits per heavy atom. The number of carbonyl (C=O) groups is 1. The SMILES string of the molecule is COC1=CC(C=O)(S(=O)(=O)c2ccccc2)C(c2cn(-c3cn(S(=O)(=O)c4ccccc4)c4ccccc34)cn2)C(OC)=C1OC. The average molecular weight is 660 g/mol. The van der Waals surface area contributed by atoms with E-state index in [9.17, 15) is 21.6 Å². The Balaban J connectivity index is 1.57. The lowest BCUT2D eigenvalue weighted by Gasteiger charge is -2.37. The largest absolute Gasteiger partial charge is 0.496 e. The second kappa shape index (κ2) is 11.7. The molecule has 2 heterocycles. The van der Waals surface area contributed by atoms with E-state index >= 15 is 0 Å². The Morgan fingerprint density at radius 2 is 1.41 bits per heavy atom. The summed E-state index contributed by atoms with van der Waals surface area (Å²) in [7, 11) is -4.39. The molecular weight excluding hydrogens is 631 g/mol. The lowest BCUT2D eigenvalue weighted by Crippen LogP contribution is -2.48. The van der Waals surface area contributed by atoms with Gasteiger partial charge in [-0.2, -0.15) is 0 Å². The highest BCUT2D eigenvalue weighted by Gasteiger charge is 2.57. The molecule has 0 amide bonds. The van der Waals surface area contributed by atoms with Gasteiger partial charge in [-0.3, -0.25) is 0 Å². The molecule has 5 aromatic rings. The van der Waals surface area contributed by atoms with E-state index in [0.29, 0.717) is 22.9 Å². The predicted octanol–water partition coefficient (Wildman–Crippen LogP) is 4.61. The molecule has 0 radical (unpaired) electrons. The number of allylic oxidation sites excluding steroid dienone is 1. The molecule has 0 N–H and O–H groups in total. The van der Waals surface area contributed by atoms with Crippen molar-refractivity contribution in [2.24, 2.45) is 0 Å². The van der Waals surface area contributed by atoms with Crippen molar-refractivity contribution in [2.45, 2.75) is 20.5 Å². The van der Waals surface area contributed by atoms with Crippen LogP contribution in [0, 0.1) is 0 Å². The topological polar surface area (TPSA) is 136 Å². The maximum atomic E-state index is 14.4. The van der Waals surface area contributed by atoms with Gasteiger partial charge in [-0.25, -0.2) is 25.8 Å².